The monoisotopic (exact) mass is 392 g/mol. The highest BCUT2D eigenvalue weighted by atomic mass is 16.5. The molecule has 1 amide bonds. The summed E-state index contributed by atoms with van der Waals surface area (Å²) in [7, 11) is 7.71. The molecule has 29 heavy (non-hydrogen) atoms. The second-order valence-electron chi connectivity index (χ2n) is 7.94. The fraction of sp³-hybridized carbons (Fsp3) is 0.391. The summed E-state index contributed by atoms with van der Waals surface area (Å²) < 4.78 is 7.45. The number of hydrogen-bond donors (Lipinski definition) is 0. The summed E-state index contributed by atoms with van der Waals surface area (Å²) in [5.41, 5.74) is 5.61. The zero-order valence-corrected chi connectivity index (χ0v) is 17.6. The van der Waals surface area contributed by atoms with Gasteiger partial charge in [-0.15, -0.1) is 0 Å². The van der Waals surface area contributed by atoms with Gasteiger partial charge >= 0.3 is 0 Å². The van der Waals surface area contributed by atoms with E-state index in [9.17, 15) is 4.79 Å². The summed E-state index contributed by atoms with van der Waals surface area (Å²) in [5, 5.41) is 0. The van der Waals surface area contributed by atoms with Gasteiger partial charge in [-0.25, -0.2) is 4.98 Å². The topological polar surface area (TPSA) is 50.6 Å². The average Bonchev–Trinajstić information content (AvgIpc) is 3.13. The first-order chi connectivity index (χ1) is 14.0. The van der Waals surface area contributed by atoms with Crippen molar-refractivity contribution < 1.29 is 9.53 Å². The number of rotatable bonds is 4. The van der Waals surface area contributed by atoms with E-state index in [1.165, 1.54) is 0 Å². The molecule has 0 N–H and O–H groups in total. The van der Waals surface area contributed by atoms with Gasteiger partial charge in [-0.05, 0) is 48.2 Å². The third-order valence-corrected chi connectivity index (χ3v) is 5.74. The van der Waals surface area contributed by atoms with Crippen LogP contribution in [0.15, 0.2) is 42.7 Å². The summed E-state index contributed by atoms with van der Waals surface area (Å²) in [5.74, 6) is 0.0472. The number of imidazole rings is 1. The van der Waals surface area contributed by atoms with Crippen LogP contribution in [0, 0.1) is 0 Å². The zero-order chi connectivity index (χ0) is 20.5. The normalized spacial score (nSPS) is 17.0. The number of carbonyl (C=O) groups is 1. The first-order valence-electron chi connectivity index (χ1n) is 10.0. The summed E-state index contributed by atoms with van der Waals surface area (Å²) in [6.45, 7) is 1.40. The van der Waals surface area contributed by atoms with Gasteiger partial charge in [0.15, 0.2) is 0 Å². The molecule has 4 rings (SSSR count). The molecule has 2 aromatic carbocycles. The molecule has 6 nitrogen and oxygen atoms in total. The summed E-state index contributed by atoms with van der Waals surface area (Å²) in [4.78, 5) is 22.0. The van der Waals surface area contributed by atoms with Gasteiger partial charge in [0.25, 0.3) is 5.91 Å². The molecule has 1 saturated heterocycles. The Kier molecular flexibility index (Phi) is 5.28. The highest BCUT2D eigenvalue weighted by molar-refractivity contribution is 6.07. The second kappa shape index (κ2) is 7.87. The van der Waals surface area contributed by atoms with Crippen molar-refractivity contribution in [3.8, 4) is 11.1 Å². The maximum Gasteiger partial charge on any atom is 0.256 e. The van der Waals surface area contributed by atoms with Crippen LogP contribution in [-0.4, -0.2) is 60.8 Å². The molecule has 6 heteroatoms. The van der Waals surface area contributed by atoms with Gasteiger partial charge in [0.1, 0.15) is 0 Å². The molecule has 1 aliphatic heterocycles. The van der Waals surface area contributed by atoms with Gasteiger partial charge < -0.3 is 19.1 Å². The van der Waals surface area contributed by atoms with E-state index < -0.39 is 0 Å². The lowest BCUT2D eigenvalue weighted by Gasteiger charge is -2.32. The second-order valence-corrected chi connectivity index (χ2v) is 7.94. The number of amides is 1. The lowest BCUT2D eigenvalue weighted by molar-refractivity contribution is 0.0270. The number of carbonyl (C=O) groups excluding carboxylic acids is 1. The largest absolute Gasteiger partial charge is 0.380 e. The summed E-state index contributed by atoms with van der Waals surface area (Å²) in [6.07, 6.45) is 3.84. The first-order valence-corrected chi connectivity index (χ1v) is 10.0. The van der Waals surface area contributed by atoms with Crippen molar-refractivity contribution in [3.63, 3.8) is 0 Å². The van der Waals surface area contributed by atoms with Gasteiger partial charge in [-0.1, -0.05) is 12.1 Å². The van der Waals surface area contributed by atoms with Crippen molar-refractivity contribution in [2.45, 2.75) is 18.9 Å². The molecule has 1 atom stereocenters. The molecular weight excluding hydrogens is 364 g/mol. The van der Waals surface area contributed by atoms with Crippen molar-refractivity contribution in [2.75, 3.05) is 39.2 Å². The molecule has 3 aromatic rings. The summed E-state index contributed by atoms with van der Waals surface area (Å²) >= 11 is 0. The number of nitrogens with zero attached hydrogens (tertiary/aromatic N) is 4. The first kappa shape index (κ1) is 19.5. The van der Waals surface area contributed by atoms with Gasteiger partial charge in [-0.3, -0.25) is 4.79 Å². The zero-order valence-electron chi connectivity index (χ0n) is 17.6. The smallest absolute Gasteiger partial charge is 0.256 e. The highest BCUT2D eigenvalue weighted by Crippen LogP contribution is 2.30. The number of fused-ring (bicyclic) bond motifs is 1. The number of methoxy groups -OCH3 is 1. The molecule has 1 unspecified atom stereocenters. The van der Waals surface area contributed by atoms with E-state index in [2.05, 4.69) is 34.1 Å². The predicted molar refractivity (Wildman–Crippen MR) is 116 cm³/mol. The summed E-state index contributed by atoms with van der Waals surface area (Å²) in [6, 6.07) is 12.4. The molecule has 0 saturated carbocycles. The van der Waals surface area contributed by atoms with Crippen LogP contribution in [0.3, 0.4) is 0 Å². The fourth-order valence-electron chi connectivity index (χ4n) is 4.07. The molecular formula is C23H28N4O2. The van der Waals surface area contributed by atoms with E-state index in [0.717, 1.165) is 47.2 Å². The van der Waals surface area contributed by atoms with Crippen molar-refractivity contribution >= 4 is 22.6 Å². The third-order valence-electron chi connectivity index (χ3n) is 5.74. The Hall–Kier alpha value is -2.86. The van der Waals surface area contributed by atoms with E-state index in [1.807, 2.05) is 42.7 Å². The van der Waals surface area contributed by atoms with Crippen LogP contribution in [0.1, 0.15) is 23.2 Å². The number of likely N-dealkylation sites (tertiary alicyclic amines) is 1. The third kappa shape index (κ3) is 3.72. The van der Waals surface area contributed by atoms with Crippen molar-refractivity contribution in [2.24, 2.45) is 7.05 Å². The minimum atomic E-state index is 0.0472. The van der Waals surface area contributed by atoms with Crippen molar-refractivity contribution in [3.05, 3.63) is 48.3 Å². The van der Waals surface area contributed by atoms with E-state index in [1.54, 1.807) is 13.4 Å². The standard InChI is InChI=1S/C23H28N4O2/c1-25(2)18-8-5-7-16(11-18)17-12-20(22-21(13-17)24-15-26(22)3)23(28)27-10-6-9-19(14-27)29-4/h5,7-8,11-13,15,19H,6,9-10,14H2,1-4H3. The van der Waals surface area contributed by atoms with Crippen LogP contribution in [0.5, 0.6) is 0 Å². The minimum Gasteiger partial charge on any atom is -0.380 e. The molecule has 0 bridgehead atoms. The van der Waals surface area contributed by atoms with E-state index in [4.69, 9.17) is 4.74 Å². The van der Waals surface area contributed by atoms with Gasteiger partial charge in [-0.2, -0.15) is 0 Å². The number of hydrogen-bond acceptors (Lipinski definition) is 4. The lowest BCUT2D eigenvalue weighted by Crippen LogP contribution is -2.43. The number of aryl methyl sites for hydroxylation is 1. The van der Waals surface area contributed by atoms with E-state index in [-0.39, 0.29) is 12.0 Å². The molecule has 2 heterocycles. The van der Waals surface area contributed by atoms with Crippen LogP contribution >= 0.6 is 0 Å². The van der Waals surface area contributed by atoms with Crippen molar-refractivity contribution in [1.82, 2.24) is 14.5 Å². The van der Waals surface area contributed by atoms with Crippen LogP contribution < -0.4 is 4.90 Å². The van der Waals surface area contributed by atoms with Crippen LogP contribution in [0.4, 0.5) is 5.69 Å². The quantitative estimate of drug-likeness (QED) is 0.681. The lowest BCUT2D eigenvalue weighted by atomic mass is 9.99. The van der Waals surface area contributed by atoms with Crippen molar-refractivity contribution in [1.29, 1.82) is 0 Å². The molecule has 1 aromatic heterocycles. The Balaban J connectivity index is 1.80. The fourth-order valence-corrected chi connectivity index (χ4v) is 4.07. The molecule has 0 spiro atoms. The maximum atomic E-state index is 13.5. The molecule has 0 aliphatic carbocycles. The minimum absolute atomic E-state index is 0.0472. The van der Waals surface area contributed by atoms with Crippen LogP contribution in [-0.2, 0) is 11.8 Å². The molecule has 1 fully saturated rings. The Morgan fingerprint density at radius 1 is 1.21 bits per heavy atom. The Morgan fingerprint density at radius 3 is 2.79 bits per heavy atom. The van der Waals surface area contributed by atoms with Crippen LogP contribution in [0.2, 0.25) is 0 Å². The number of piperidine rings is 1. The van der Waals surface area contributed by atoms with Gasteiger partial charge in [0.2, 0.25) is 0 Å². The van der Waals surface area contributed by atoms with E-state index >= 15 is 0 Å². The average molecular weight is 393 g/mol. The number of ether oxygens (including phenoxy) is 1. The Labute approximate surface area is 171 Å². The molecule has 0 radical (unpaired) electrons. The number of anilines is 1. The predicted octanol–water partition coefficient (Wildman–Crippen LogP) is 3.56. The SMILES string of the molecule is COC1CCCN(C(=O)c2cc(-c3cccc(N(C)C)c3)cc3ncn(C)c23)C1. The van der Waals surface area contributed by atoms with Gasteiger partial charge in [0, 0.05) is 47.0 Å². The molecule has 1 aliphatic rings. The Bertz CT molecular complexity index is 1040. The molecule has 152 valence electrons. The number of benzene rings is 2. The van der Waals surface area contributed by atoms with E-state index in [0.29, 0.717) is 12.1 Å². The maximum absolute atomic E-state index is 13.5. The van der Waals surface area contributed by atoms with Gasteiger partial charge in [0.05, 0.1) is 29.0 Å². The van der Waals surface area contributed by atoms with Crippen LogP contribution in [0.25, 0.3) is 22.2 Å². The highest BCUT2D eigenvalue weighted by Gasteiger charge is 2.26. The Morgan fingerprint density at radius 2 is 2.03 bits per heavy atom. The number of aromatic nitrogens is 2.